The first-order valence-corrected chi connectivity index (χ1v) is 19.2. The van der Waals surface area contributed by atoms with Gasteiger partial charge in [0, 0.05) is 43.7 Å². The third kappa shape index (κ3) is 9.49. The fourth-order valence-corrected chi connectivity index (χ4v) is 8.15. The molecule has 10 nitrogen and oxygen atoms in total. The summed E-state index contributed by atoms with van der Waals surface area (Å²) in [7, 11) is 0. The van der Waals surface area contributed by atoms with Crippen molar-refractivity contribution in [2.24, 2.45) is 23.7 Å². The first kappa shape index (κ1) is 37.3. The molecule has 2 aromatic carbocycles. The van der Waals surface area contributed by atoms with Gasteiger partial charge in [-0.1, -0.05) is 56.9 Å². The second kappa shape index (κ2) is 16.5. The Morgan fingerprint density at radius 1 is 0.885 bits per heavy atom. The van der Waals surface area contributed by atoms with Gasteiger partial charge < -0.3 is 25.0 Å². The number of nitrogens with one attached hydrogen (secondary N) is 1. The van der Waals surface area contributed by atoms with Crippen LogP contribution in [-0.2, 0) is 16.0 Å². The summed E-state index contributed by atoms with van der Waals surface area (Å²) < 4.78 is 5.87. The molecule has 1 aliphatic carbocycles. The number of aromatic nitrogens is 2. The summed E-state index contributed by atoms with van der Waals surface area (Å²) in [5.74, 6) is 1.77. The summed E-state index contributed by atoms with van der Waals surface area (Å²) in [6.07, 6.45) is 15.0. The number of carbonyl (C=O) groups excluding carboxylic acids is 2. The summed E-state index contributed by atoms with van der Waals surface area (Å²) in [6, 6.07) is 13.7. The molecular weight excluding hydrogens is 654 g/mol. The van der Waals surface area contributed by atoms with Gasteiger partial charge in [0.15, 0.2) is 5.82 Å². The number of rotatable bonds is 12. The lowest BCUT2D eigenvalue weighted by Crippen LogP contribution is -2.59. The Hall–Kier alpha value is -4.47. The van der Waals surface area contributed by atoms with E-state index in [2.05, 4.69) is 17.1 Å². The minimum atomic E-state index is -0.923. The fraction of sp³-hybridized carbons (Fsp3) is 0.548. The molecule has 6 rings (SSSR count). The van der Waals surface area contributed by atoms with Crippen molar-refractivity contribution in [3.63, 3.8) is 0 Å². The summed E-state index contributed by atoms with van der Waals surface area (Å²) in [4.78, 5) is 51.6. The molecule has 10 heteroatoms. The van der Waals surface area contributed by atoms with Gasteiger partial charge in [0.2, 0.25) is 5.91 Å². The van der Waals surface area contributed by atoms with Crippen molar-refractivity contribution >= 4 is 23.5 Å². The standard InChI is InChI=1S/C42H55N5O5/c1-5-6-28-7-11-30(12-8-28)31-19-21-46(22-20-31)35-24-43-38(44-25-35)32-13-9-29(10-14-32)23-37(40(49)47-26-34(27-47)41(50)51)45-39(48)33-15-17-36(18-16-33)52-42(2,3)4/h9-10,13-18,24-25,28,30-31,34,37H,5-8,11-12,19-23,26-27H2,1-4H3,(H,45,48)(H,50,51)/t28-,30-,37-/m0/s1. The lowest BCUT2D eigenvalue weighted by atomic mass is 9.72. The van der Waals surface area contributed by atoms with Crippen LogP contribution in [0.25, 0.3) is 11.4 Å². The maximum atomic E-state index is 13.5. The number of likely N-dealkylation sites (tertiary alicyclic amines) is 1. The van der Waals surface area contributed by atoms with Gasteiger partial charge in [0.05, 0.1) is 24.0 Å². The van der Waals surface area contributed by atoms with Gasteiger partial charge in [0.25, 0.3) is 5.91 Å². The van der Waals surface area contributed by atoms with Gasteiger partial charge in [-0.15, -0.1) is 0 Å². The maximum Gasteiger partial charge on any atom is 0.310 e. The number of anilines is 1. The van der Waals surface area contributed by atoms with Gasteiger partial charge in [-0.05, 0) is 94.0 Å². The van der Waals surface area contributed by atoms with E-state index in [0.29, 0.717) is 17.1 Å². The topological polar surface area (TPSA) is 125 Å². The number of hydrogen-bond acceptors (Lipinski definition) is 7. The summed E-state index contributed by atoms with van der Waals surface area (Å²) in [5.41, 5.74) is 2.81. The molecule has 0 radical (unpaired) electrons. The third-order valence-corrected chi connectivity index (χ3v) is 11.1. The molecule has 3 aromatic rings. The summed E-state index contributed by atoms with van der Waals surface area (Å²) >= 11 is 0. The normalized spacial score (nSPS) is 20.5. The number of piperidine rings is 1. The van der Waals surface area contributed by atoms with Crippen LogP contribution in [0.2, 0.25) is 0 Å². The molecule has 0 unspecified atom stereocenters. The van der Waals surface area contributed by atoms with Gasteiger partial charge in [0.1, 0.15) is 17.4 Å². The van der Waals surface area contributed by atoms with Crippen molar-refractivity contribution in [2.75, 3.05) is 31.1 Å². The molecule has 3 aliphatic rings. The largest absolute Gasteiger partial charge is 0.488 e. The molecule has 1 atom stereocenters. The molecule has 0 bridgehead atoms. The van der Waals surface area contributed by atoms with Gasteiger partial charge >= 0.3 is 5.97 Å². The molecule has 2 aliphatic heterocycles. The second-order valence-electron chi connectivity index (χ2n) is 16.1. The quantitative estimate of drug-likeness (QED) is 0.206. The monoisotopic (exact) mass is 709 g/mol. The molecular formula is C42H55N5O5. The Morgan fingerprint density at radius 3 is 2.08 bits per heavy atom. The first-order chi connectivity index (χ1) is 25.0. The van der Waals surface area contributed by atoms with E-state index in [9.17, 15) is 19.5 Å². The van der Waals surface area contributed by atoms with Crippen LogP contribution >= 0.6 is 0 Å². The van der Waals surface area contributed by atoms with Crippen LogP contribution in [0, 0.1) is 23.7 Å². The molecule has 2 N–H and O–H groups in total. The predicted molar refractivity (Wildman–Crippen MR) is 202 cm³/mol. The third-order valence-electron chi connectivity index (χ3n) is 11.1. The van der Waals surface area contributed by atoms with E-state index < -0.39 is 17.9 Å². The van der Waals surface area contributed by atoms with Crippen LogP contribution in [0.4, 0.5) is 5.69 Å². The lowest BCUT2D eigenvalue weighted by Gasteiger charge is -2.39. The Balaban J connectivity index is 1.05. The SMILES string of the molecule is CCC[C@H]1CC[C@H](C2CCN(c3cnc(-c4ccc(C[C@H](NC(=O)c5ccc(OC(C)(C)C)cc5)C(=O)N5CC(C(=O)O)C5)cc4)nc3)CC2)CC1. The highest BCUT2D eigenvalue weighted by Crippen LogP contribution is 2.39. The Kier molecular flexibility index (Phi) is 11.8. The second-order valence-corrected chi connectivity index (χ2v) is 16.1. The number of amides is 2. The van der Waals surface area contributed by atoms with E-state index in [-0.39, 0.29) is 36.9 Å². The molecule has 3 heterocycles. The van der Waals surface area contributed by atoms with Gasteiger partial charge in [-0.25, -0.2) is 9.97 Å². The minimum Gasteiger partial charge on any atom is -0.488 e. The highest BCUT2D eigenvalue weighted by atomic mass is 16.5. The van der Waals surface area contributed by atoms with Crippen molar-refractivity contribution in [1.29, 1.82) is 0 Å². The number of aliphatic carboxylic acids is 1. The number of carboxylic acid groups (broad SMARTS) is 1. The van der Waals surface area contributed by atoms with Crippen LogP contribution in [-0.4, -0.2) is 75.6 Å². The molecule has 52 heavy (non-hydrogen) atoms. The molecule has 0 spiro atoms. The zero-order valence-corrected chi connectivity index (χ0v) is 31.2. The maximum absolute atomic E-state index is 13.5. The van der Waals surface area contributed by atoms with Crippen LogP contribution in [0.5, 0.6) is 5.75 Å². The Bertz CT molecular complexity index is 1650. The predicted octanol–water partition coefficient (Wildman–Crippen LogP) is 7.03. The van der Waals surface area contributed by atoms with Gasteiger partial charge in [-0.3, -0.25) is 14.4 Å². The molecule has 2 saturated heterocycles. The Morgan fingerprint density at radius 2 is 1.50 bits per heavy atom. The molecule has 2 amide bonds. The highest BCUT2D eigenvalue weighted by Gasteiger charge is 2.39. The number of carboxylic acids is 1. The van der Waals surface area contributed by atoms with E-state index in [4.69, 9.17) is 14.7 Å². The van der Waals surface area contributed by atoms with Crippen molar-refractivity contribution < 1.29 is 24.2 Å². The minimum absolute atomic E-state index is 0.129. The van der Waals surface area contributed by atoms with Crippen LogP contribution in [0.15, 0.2) is 60.9 Å². The number of benzene rings is 2. The molecule has 3 fully saturated rings. The van der Waals surface area contributed by atoms with E-state index in [1.165, 1.54) is 56.3 Å². The van der Waals surface area contributed by atoms with Crippen molar-refractivity contribution in [2.45, 2.75) is 97.1 Å². The Labute approximate surface area is 308 Å². The van der Waals surface area contributed by atoms with Gasteiger partial charge in [-0.2, -0.15) is 0 Å². The van der Waals surface area contributed by atoms with Crippen LogP contribution in [0.3, 0.4) is 0 Å². The van der Waals surface area contributed by atoms with E-state index in [1.54, 1.807) is 24.3 Å². The average molecular weight is 710 g/mol. The van der Waals surface area contributed by atoms with Crippen LogP contribution in [0.1, 0.15) is 95.0 Å². The number of hydrogen-bond donors (Lipinski definition) is 2. The van der Waals surface area contributed by atoms with E-state index >= 15 is 0 Å². The van der Waals surface area contributed by atoms with Crippen molar-refractivity contribution in [3.8, 4) is 17.1 Å². The molecule has 1 saturated carbocycles. The van der Waals surface area contributed by atoms with Crippen LogP contribution < -0.4 is 15.0 Å². The molecule has 278 valence electrons. The first-order valence-electron chi connectivity index (χ1n) is 19.2. The summed E-state index contributed by atoms with van der Waals surface area (Å²) in [6.45, 7) is 10.5. The zero-order chi connectivity index (χ0) is 36.8. The number of ether oxygens (including phenoxy) is 1. The lowest BCUT2D eigenvalue weighted by molar-refractivity contribution is -0.153. The number of carbonyl (C=O) groups is 3. The highest BCUT2D eigenvalue weighted by molar-refractivity contribution is 5.98. The van der Waals surface area contributed by atoms with E-state index in [0.717, 1.165) is 47.7 Å². The number of nitrogens with zero attached hydrogens (tertiary/aromatic N) is 4. The summed E-state index contributed by atoms with van der Waals surface area (Å²) in [5, 5.41) is 12.2. The molecule has 1 aromatic heterocycles. The zero-order valence-electron chi connectivity index (χ0n) is 31.2. The van der Waals surface area contributed by atoms with E-state index in [1.807, 2.05) is 57.4 Å². The van der Waals surface area contributed by atoms with Crippen molar-refractivity contribution in [3.05, 3.63) is 72.1 Å². The smallest absolute Gasteiger partial charge is 0.310 e. The average Bonchev–Trinajstić information content (AvgIpc) is 3.11. The van der Waals surface area contributed by atoms with Crippen molar-refractivity contribution in [1.82, 2.24) is 20.2 Å². The fourth-order valence-electron chi connectivity index (χ4n) is 8.15.